The Balaban J connectivity index is 1.49. The smallest absolute Gasteiger partial charge is 0.229 e. The Kier molecular flexibility index (Phi) is 5.94. The zero-order valence-corrected chi connectivity index (χ0v) is 17.5. The van der Waals surface area contributed by atoms with E-state index in [0.717, 1.165) is 31.6 Å². The Morgan fingerprint density at radius 2 is 1.81 bits per heavy atom. The van der Waals surface area contributed by atoms with Crippen LogP contribution in [0.1, 0.15) is 26.7 Å². The molecule has 1 aromatic carbocycles. The Morgan fingerprint density at radius 1 is 1.10 bits per heavy atom. The molecule has 31 heavy (non-hydrogen) atoms. The summed E-state index contributed by atoms with van der Waals surface area (Å²) in [7, 11) is 0. The Morgan fingerprint density at radius 3 is 2.48 bits per heavy atom. The standard InChI is InChI=1S/C21H27F2N5O3/c1-10-5-11(2)9-28(8-10)21-26-18-17(20(31)27-21)13(7-16(29)25-18)19(30)24-12-3-4-14(22)15(23)6-12/h3-4,6,10-11,13,17-18,21,26H,5,7-9H2,1-2H3,(H,24,30)(H,25,29)(H,27,31). The van der Waals surface area contributed by atoms with E-state index < -0.39 is 41.8 Å². The molecule has 0 spiro atoms. The second-order valence-electron chi connectivity index (χ2n) is 8.98. The minimum atomic E-state index is -1.10. The second kappa shape index (κ2) is 8.51. The van der Waals surface area contributed by atoms with Crippen LogP contribution in [0.4, 0.5) is 14.5 Å². The number of carbonyl (C=O) groups is 3. The maximum atomic E-state index is 13.5. The molecule has 3 fully saturated rings. The van der Waals surface area contributed by atoms with Gasteiger partial charge >= 0.3 is 0 Å². The van der Waals surface area contributed by atoms with Crippen molar-refractivity contribution >= 4 is 23.4 Å². The first-order chi connectivity index (χ1) is 14.7. The highest BCUT2D eigenvalue weighted by atomic mass is 19.2. The highest BCUT2D eigenvalue weighted by molar-refractivity contribution is 6.00. The van der Waals surface area contributed by atoms with Gasteiger partial charge in [0.1, 0.15) is 6.29 Å². The molecule has 3 amide bonds. The fourth-order valence-corrected chi connectivity index (χ4v) is 4.99. The van der Waals surface area contributed by atoms with Crippen LogP contribution < -0.4 is 21.3 Å². The largest absolute Gasteiger partial charge is 0.340 e. The van der Waals surface area contributed by atoms with Gasteiger partial charge in [-0.3, -0.25) is 24.6 Å². The molecule has 4 rings (SSSR count). The molecule has 6 atom stereocenters. The average molecular weight is 435 g/mol. The zero-order valence-electron chi connectivity index (χ0n) is 17.5. The van der Waals surface area contributed by atoms with E-state index in [4.69, 9.17) is 0 Å². The van der Waals surface area contributed by atoms with Gasteiger partial charge < -0.3 is 16.0 Å². The minimum absolute atomic E-state index is 0.0600. The normalized spacial score (nSPS) is 33.8. The van der Waals surface area contributed by atoms with Crippen molar-refractivity contribution in [1.82, 2.24) is 20.9 Å². The maximum absolute atomic E-state index is 13.5. The lowest BCUT2D eigenvalue weighted by molar-refractivity contribution is -0.148. The summed E-state index contributed by atoms with van der Waals surface area (Å²) in [6.07, 6.45) is -0.194. The van der Waals surface area contributed by atoms with E-state index >= 15 is 0 Å². The lowest BCUT2D eigenvalue weighted by atomic mass is 9.81. The molecule has 0 aromatic heterocycles. The fraction of sp³-hybridized carbons (Fsp3) is 0.571. The molecule has 3 saturated heterocycles. The molecule has 8 nitrogen and oxygen atoms in total. The third kappa shape index (κ3) is 4.54. The van der Waals surface area contributed by atoms with Crippen LogP contribution in [0.25, 0.3) is 0 Å². The summed E-state index contributed by atoms with van der Waals surface area (Å²) in [6, 6.07) is 2.99. The molecule has 0 radical (unpaired) electrons. The number of rotatable bonds is 3. The first-order valence-corrected chi connectivity index (χ1v) is 10.6. The molecule has 0 saturated carbocycles. The van der Waals surface area contributed by atoms with Gasteiger partial charge in [-0.15, -0.1) is 0 Å². The van der Waals surface area contributed by atoms with Gasteiger partial charge in [0.2, 0.25) is 17.7 Å². The van der Waals surface area contributed by atoms with E-state index in [1.54, 1.807) is 0 Å². The number of piperidine rings is 2. The number of nitrogens with zero attached hydrogens (tertiary/aromatic N) is 1. The van der Waals surface area contributed by atoms with Gasteiger partial charge in [0.05, 0.1) is 18.0 Å². The van der Waals surface area contributed by atoms with Crippen molar-refractivity contribution in [1.29, 1.82) is 0 Å². The van der Waals surface area contributed by atoms with Gasteiger partial charge in [0, 0.05) is 31.3 Å². The van der Waals surface area contributed by atoms with Crippen LogP contribution in [-0.4, -0.2) is 48.2 Å². The number of carbonyl (C=O) groups excluding carboxylic acids is 3. The molecule has 3 aliphatic rings. The Hall–Kier alpha value is -2.59. The molecule has 1 aromatic rings. The van der Waals surface area contributed by atoms with E-state index in [9.17, 15) is 23.2 Å². The van der Waals surface area contributed by atoms with Crippen molar-refractivity contribution in [3.05, 3.63) is 29.8 Å². The molecule has 4 N–H and O–H groups in total. The van der Waals surface area contributed by atoms with Crippen LogP contribution in [0.3, 0.4) is 0 Å². The van der Waals surface area contributed by atoms with E-state index in [-0.39, 0.29) is 23.9 Å². The van der Waals surface area contributed by atoms with Crippen LogP contribution in [0, 0.1) is 35.3 Å². The SMILES string of the molecule is CC1CC(C)CN(C2NC(=O)C3C(NC(=O)CC3C(=O)Nc3ccc(F)c(F)c3)N2)C1. The van der Waals surface area contributed by atoms with E-state index in [1.165, 1.54) is 6.07 Å². The van der Waals surface area contributed by atoms with Crippen molar-refractivity contribution in [2.45, 2.75) is 39.1 Å². The van der Waals surface area contributed by atoms with E-state index in [2.05, 4.69) is 40.0 Å². The van der Waals surface area contributed by atoms with Gasteiger partial charge in [-0.2, -0.15) is 0 Å². The summed E-state index contributed by atoms with van der Waals surface area (Å²) < 4.78 is 26.6. The van der Waals surface area contributed by atoms with Gasteiger partial charge in [-0.25, -0.2) is 8.78 Å². The summed E-state index contributed by atoms with van der Waals surface area (Å²) in [5.41, 5.74) is 0.0600. The number of halogens is 2. The minimum Gasteiger partial charge on any atom is -0.340 e. The Bertz CT molecular complexity index is 888. The third-order valence-corrected chi connectivity index (χ3v) is 6.22. The van der Waals surface area contributed by atoms with Crippen LogP contribution in [0.5, 0.6) is 0 Å². The molecular weight excluding hydrogens is 408 g/mol. The van der Waals surface area contributed by atoms with Crippen LogP contribution in [-0.2, 0) is 14.4 Å². The molecule has 3 heterocycles. The topological polar surface area (TPSA) is 103 Å². The number of hydrogen-bond donors (Lipinski definition) is 4. The number of anilines is 1. The monoisotopic (exact) mass is 435 g/mol. The molecule has 168 valence electrons. The van der Waals surface area contributed by atoms with Crippen LogP contribution >= 0.6 is 0 Å². The first-order valence-electron chi connectivity index (χ1n) is 10.6. The van der Waals surface area contributed by atoms with Gasteiger partial charge in [-0.1, -0.05) is 13.8 Å². The quantitative estimate of drug-likeness (QED) is 0.567. The molecule has 6 unspecified atom stereocenters. The van der Waals surface area contributed by atoms with Crippen molar-refractivity contribution in [2.24, 2.45) is 23.7 Å². The summed E-state index contributed by atoms with van der Waals surface area (Å²) in [6.45, 7) is 5.95. The number of amides is 3. The number of likely N-dealkylation sites (tertiary alicyclic amines) is 1. The summed E-state index contributed by atoms with van der Waals surface area (Å²) in [5, 5.41) is 11.5. The molecule has 3 aliphatic heterocycles. The lowest BCUT2D eigenvalue weighted by Crippen LogP contribution is -2.75. The summed E-state index contributed by atoms with van der Waals surface area (Å²) in [5.74, 6) is -4.20. The number of benzene rings is 1. The van der Waals surface area contributed by atoms with Crippen LogP contribution in [0.2, 0.25) is 0 Å². The van der Waals surface area contributed by atoms with Crippen LogP contribution in [0.15, 0.2) is 18.2 Å². The predicted octanol–water partition coefficient (Wildman–Crippen LogP) is 0.963. The van der Waals surface area contributed by atoms with Crippen molar-refractivity contribution in [3.63, 3.8) is 0 Å². The number of fused-ring (bicyclic) bond motifs is 1. The highest BCUT2D eigenvalue weighted by Crippen LogP contribution is 2.30. The second-order valence-corrected chi connectivity index (χ2v) is 8.98. The molecular formula is C21H27F2N5O3. The van der Waals surface area contributed by atoms with Gasteiger partial charge in [0.25, 0.3) is 0 Å². The van der Waals surface area contributed by atoms with E-state index in [0.29, 0.717) is 11.8 Å². The van der Waals surface area contributed by atoms with E-state index in [1.807, 2.05) is 0 Å². The van der Waals surface area contributed by atoms with Crippen molar-refractivity contribution in [3.8, 4) is 0 Å². The fourth-order valence-electron chi connectivity index (χ4n) is 4.99. The molecule has 0 aliphatic carbocycles. The first kappa shape index (κ1) is 21.6. The predicted molar refractivity (Wildman–Crippen MR) is 108 cm³/mol. The Labute approximate surface area is 179 Å². The average Bonchev–Trinajstić information content (AvgIpc) is 2.69. The number of hydrogen-bond acceptors (Lipinski definition) is 5. The maximum Gasteiger partial charge on any atom is 0.229 e. The molecule has 0 bridgehead atoms. The van der Waals surface area contributed by atoms with Crippen molar-refractivity contribution in [2.75, 3.05) is 18.4 Å². The zero-order chi connectivity index (χ0) is 22.3. The van der Waals surface area contributed by atoms with Gasteiger partial charge in [-0.05, 0) is 30.4 Å². The third-order valence-electron chi connectivity index (χ3n) is 6.22. The molecule has 10 heteroatoms. The van der Waals surface area contributed by atoms with Gasteiger partial charge in [0.15, 0.2) is 11.6 Å². The number of nitrogens with one attached hydrogen (secondary N) is 4. The lowest BCUT2D eigenvalue weighted by Gasteiger charge is -2.48. The summed E-state index contributed by atoms with van der Waals surface area (Å²) in [4.78, 5) is 40.3. The summed E-state index contributed by atoms with van der Waals surface area (Å²) >= 11 is 0. The highest BCUT2D eigenvalue weighted by Gasteiger charge is 2.49. The van der Waals surface area contributed by atoms with Crippen molar-refractivity contribution < 1.29 is 23.2 Å².